The fraction of sp³-hybridized carbons (Fsp3) is 0.647. The Morgan fingerprint density at radius 3 is 2.75 bits per heavy atom. The molecule has 2 rings (SSSR count). The van der Waals surface area contributed by atoms with Crippen LogP contribution in [0.3, 0.4) is 0 Å². The molecule has 0 amide bonds. The quantitative estimate of drug-likeness (QED) is 0.888. The molecule has 0 bridgehead atoms. The Morgan fingerprint density at radius 1 is 1.35 bits per heavy atom. The molecular formula is C17H27N3. The van der Waals surface area contributed by atoms with E-state index in [9.17, 15) is 0 Å². The monoisotopic (exact) mass is 273 g/mol. The van der Waals surface area contributed by atoms with Gasteiger partial charge in [-0.25, -0.2) is 9.97 Å². The Bertz CT molecular complexity index is 445. The van der Waals surface area contributed by atoms with Crippen LogP contribution in [-0.4, -0.2) is 22.6 Å². The van der Waals surface area contributed by atoms with Crippen LogP contribution in [0.1, 0.15) is 57.5 Å². The zero-order valence-corrected chi connectivity index (χ0v) is 13.0. The molecule has 20 heavy (non-hydrogen) atoms. The zero-order chi connectivity index (χ0) is 14.4. The smallest absolute Gasteiger partial charge is 0.125 e. The van der Waals surface area contributed by atoms with Crippen LogP contribution in [0.15, 0.2) is 17.8 Å². The minimum absolute atomic E-state index is 0.522. The van der Waals surface area contributed by atoms with E-state index in [0.717, 1.165) is 24.0 Å². The molecule has 0 unspecified atom stereocenters. The van der Waals surface area contributed by atoms with Crippen LogP contribution in [0, 0.1) is 12.8 Å². The van der Waals surface area contributed by atoms with E-state index in [4.69, 9.17) is 0 Å². The molecule has 1 aliphatic carbocycles. The van der Waals surface area contributed by atoms with Gasteiger partial charge in [0.05, 0.1) is 5.69 Å². The summed E-state index contributed by atoms with van der Waals surface area (Å²) in [5, 5.41) is 3.57. The molecule has 1 fully saturated rings. The fourth-order valence-electron chi connectivity index (χ4n) is 2.85. The molecule has 3 nitrogen and oxygen atoms in total. The average molecular weight is 273 g/mol. The standard InChI is InChI=1S/C17H27N3/c1-13(2)19-12-16(15-7-5-4-6-8-15)11-17-9-10-18-14(3)20-17/h9-11,13,15,19H,4-8,12H2,1-3H3/b16-11-. The first kappa shape index (κ1) is 15.2. The number of hydrogen-bond acceptors (Lipinski definition) is 3. The minimum Gasteiger partial charge on any atom is -0.311 e. The Labute approximate surface area is 122 Å². The molecule has 1 aromatic heterocycles. The molecule has 0 saturated heterocycles. The van der Waals surface area contributed by atoms with E-state index >= 15 is 0 Å². The van der Waals surface area contributed by atoms with Crippen molar-refractivity contribution in [3.63, 3.8) is 0 Å². The van der Waals surface area contributed by atoms with E-state index in [1.54, 1.807) is 0 Å². The molecule has 0 aromatic carbocycles. The van der Waals surface area contributed by atoms with Crippen molar-refractivity contribution in [2.24, 2.45) is 5.92 Å². The topological polar surface area (TPSA) is 37.8 Å². The van der Waals surface area contributed by atoms with Crippen LogP contribution in [0.5, 0.6) is 0 Å². The Kier molecular flexibility index (Phi) is 5.72. The molecule has 0 atom stereocenters. The van der Waals surface area contributed by atoms with E-state index in [1.165, 1.54) is 37.7 Å². The second-order valence-corrected chi connectivity index (χ2v) is 6.12. The van der Waals surface area contributed by atoms with Crippen molar-refractivity contribution in [2.75, 3.05) is 6.54 Å². The van der Waals surface area contributed by atoms with Crippen LogP contribution in [0.25, 0.3) is 6.08 Å². The highest BCUT2D eigenvalue weighted by Gasteiger charge is 2.18. The molecule has 1 saturated carbocycles. The number of nitrogens with one attached hydrogen (secondary N) is 1. The first-order valence-electron chi connectivity index (χ1n) is 7.88. The van der Waals surface area contributed by atoms with Crippen molar-refractivity contribution >= 4 is 6.08 Å². The lowest BCUT2D eigenvalue weighted by molar-refractivity contribution is 0.394. The normalized spacial score (nSPS) is 17.7. The van der Waals surface area contributed by atoms with Gasteiger partial charge in [-0.05, 0) is 37.8 Å². The van der Waals surface area contributed by atoms with Crippen molar-refractivity contribution in [3.8, 4) is 0 Å². The summed E-state index contributed by atoms with van der Waals surface area (Å²) in [4.78, 5) is 8.70. The first-order chi connectivity index (χ1) is 9.65. The van der Waals surface area contributed by atoms with Gasteiger partial charge in [0.1, 0.15) is 5.82 Å². The zero-order valence-electron chi connectivity index (χ0n) is 13.0. The van der Waals surface area contributed by atoms with Crippen molar-refractivity contribution in [1.82, 2.24) is 15.3 Å². The van der Waals surface area contributed by atoms with Gasteiger partial charge in [0.15, 0.2) is 0 Å². The minimum atomic E-state index is 0.522. The van der Waals surface area contributed by atoms with Gasteiger partial charge < -0.3 is 5.32 Å². The summed E-state index contributed by atoms with van der Waals surface area (Å²) in [5.41, 5.74) is 2.56. The molecule has 1 N–H and O–H groups in total. The van der Waals surface area contributed by atoms with Gasteiger partial charge >= 0.3 is 0 Å². The molecular weight excluding hydrogens is 246 g/mol. The highest BCUT2D eigenvalue weighted by Crippen LogP contribution is 2.30. The van der Waals surface area contributed by atoms with Gasteiger partial charge in [0, 0.05) is 18.8 Å². The predicted octanol–water partition coefficient (Wildman–Crippen LogP) is 3.75. The summed E-state index contributed by atoms with van der Waals surface area (Å²) in [7, 11) is 0. The molecule has 110 valence electrons. The van der Waals surface area contributed by atoms with Gasteiger partial charge in [-0.2, -0.15) is 0 Å². The van der Waals surface area contributed by atoms with Gasteiger partial charge in [-0.1, -0.05) is 38.7 Å². The Balaban J connectivity index is 2.15. The molecule has 0 radical (unpaired) electrons. The predicted molar refractivity (Wildman–Crippen MR) is 84.5 cm³/mol. The third-order valence-corrected chi connectivity index (χ3v) is 3.97. The van der Waals surface area contributed by atoms with Crippen molar-refractivity contribution in [1.29, 1.82) is 0 Å². The number of aromatic nitrogens is 2. The van der Waals surface area contributed by atoms with E-state index in [-0.39, 0.29) is 0 Å². The maximum Gasteiger partial charge on any atom is 0.125 e. The highest BCUT2D eigenvalue weighted by atomic mass is 14.9. The van der Waals surface area contributed by atoms with Crippen LogP contribution in [-0.2, 0) is 0 Å². The number of hydrogen-bond donors (Lipinski definition) is 1. The van der Waals surface area contributed by atoms with E-state index in [0.29, 0.717) is 6.04 Å². The lowest BCUT2D eigenvalue weighted by Crippen LogP contribution is -2.28. The molecule has 1 aromatic rings. The lowest BCUT2D eigenvalue weighted by Gasteiger charge is -2.25. The van der Waals surface area contributed by atoms with Crippen LogP contribution >= 0.6 is 0 Å². The number of rotatable bonds is 5. The second kappa shape index (κ2) is 7.53. The van der Waals surface area contributed by atoms with E-state index < -0.39 is 0 Å². The summed E-state index contributed by atoms with van der Waals surface area (Å²) < 4.78 is 0. The Morgan fingerprint density at radius 2 is 2.10 bits per heavy atom. The maximum atomic E-state index is 4.52. The largest absolute Gasteiger partial charge is 0.311 e. The van der Waals surface area contributed by atoms with Gasteiger partial charge in [-0.3, -0.25) is 0 Å². The maximum absolute atomic E-state index is 4.52. The summed E-state index contributed by atoms with van der Waals surface area (Å²) >= 11 is 0. The molecule has 1 aliphatic rings. The summed E-state index contributed by atoms with van der Waals surface area (Å²) in [5.74, 6) is 1.57. The van der Waals surface area contributed by atoms with Crippen LogP contribution in [0.2, 0.25) is 0 Å². The highest BCUT2D eigenvalue weighted by molar-refractivity contribution is 5.49. The van der Waals surface area contributed by atoms with Crippen molar-refractivity contribution in [2.45, 2.75) is 58.9 Å². The van der Waals surface area contributed by atoms with Crippen LogP contribution in [0.4, 0.5) is 0 Å². The summed E-state index contributed by atoms with van der Waals surface area (Å²) in [6, 6.07) is 2.53. The third-order valence-electron chi connectivity index (χ3n) is 3.97. The van der Waals surface area contributed by atoms with Gasteiger partial charge in [0.2, 0.25) is 0 Å². The van der Waals surface area contributed by atoms with E-state index in [1.807, 2.05) is 19.2 Å². The summed E-state index contributed by atoms with van der Waals surface area (Å²) in [6.45, 7) is 7.33. The molecule has 0 aliphatic heterocycles. The SMILES string of the molecule is Cc1nccc(/C=C(/CNC(C)C)C2CCCCC2)n1. The molecule has 1 heterocycles. The van der Waals surface area contributed by atoms with Crippen LogP contribution < -0.4 is 5.32 Å². The molecule has 3 heteroatoms. The van der Waals surface area contributed by atoms with Crippen molar-refractivity contribution < 1.29 is 0 Å². The fourth-order valence-corrected chi connectivity index (χ4v) is 2.85. The second-order valence-electron chi connectivity index (χ2n) is 6.12. The van der Waals surface area contributed by atoms with Crippen molar-refractivity contribution in [3.05, 3.63) is 29.4 Å². The summed E-state index contributed by atoms with van der Waals surface area (Å²) in [6.07, 6.45) is 10.9. The number of nitrogens with zero attached hydrogens (tertiary/aromatic N) is 2. The molecule has 0 spiro atoms. The van der Waals surface area contributed by atoms with Gasteiger partial charge in [0.25, 0.3) is 0 Å². The lowest BCUT2D eigenvalue weighted by atomic mass is 9.83. The van der Waals surface area contributed by atoms with Gasteiger partial charge in [-0.15, -0.1) is 0 Å². The first-order valence-corrected chi connectivity index (χ1v) is 7.88. The number of aryl methyl sites for hydroxylation is 1. The van der Waals surface area contributed by atoms with E-state index in [2.05, 4.69) is 35.2 Å². The Hall–Kier alpha value is -1.22. The third kappa shape index (κ3) is 4.71. The average Bonchev–Trinajstić information content (AvgIpc) is 2.44.